The Morgan fingerprint density at radius 3 is 2.90 bits per heavy atom. The van der Waals surface area contributed by atoms with Gasteiger partial charge in [0.05, 0.1) is 6.42 Å². The van der Waals surface area contributed by atoms with E-state index in [1.165, 1.54) is 17.4 Å². The van der Waals surface area contributed by atoms with Crippen molar-refractivity contribution in [1.82, 2.24) is 10.2 Å². The fourth-order valence-electron chi connectivity index (χ4n) is 1.71. The monoisotopic (exact) mass is 293 g/mol. The molecule has 1 amide bonds. The lowest BCUT2D eigenvalue weighted by Gasteiger charge is -2.02. The number of hydrogen-bond acceptors (Lipinski definition) is 4. The molecule has 106 valence electrons. The smallest absolute Gasteiger partial charge is 0.230 e. The van der Waals surface area contributed by atoms with E-state index >= 15 is 0 Å². The van der Waals surface area contributed by atoms with Crippen molar-refractivity contribution in [2.45, 2.75) is 32.6 Å². The van der Waals surface area contributed by atoms with Gasteiger partial charge in [0.2, 0.25) is 11.0 Å². The van der Waals surface area contributed by atoms with Crippen molar-refractivity contribution in [2.75, 3.05) is 5.32 Å². The normalized spacial score (nSPS) is 10.5. The second-order valence-electron chi connectivity index (χ2n) is 4.42. The Kier molecular flexibility index (Phi) is 5.17. The van der Waals surface area contributed by atoms with Crippen LogP contribution in [0, 0.1) is 5.82 Å². The largest absolute Gasteiger partial charge is 0.300 e. The fourth-order valence-corrected chi connectivity index (χ4v) is 2.51. The van der Waals surface area contributed by atoms with E-state index < -0.39 is 0 Å². The third-order valence-electron chi connectivity index (χ3n) is 2.77. The number of aryl methyl sites for hydroxylation is 1. The van der Waals surface area contributed by atoms with Crippen molar-refractivity contribution in [1.29, 1.82) is 0 Å². The second-order valence-corrected chi connectivity index (χ2v) is 5.48. The predicted molar refractivity (Wildman–Crippen MR) is 77.3 cm³/mol. The minimum Gasteiger partial charge on any atom is -0.300 e. The summed E-state index contributed by atoms with van der Waals surface area (Å²) < 4.78 is 13.4. The van der Waals surface area contributed by atoms with Gasteiger partial charge in [-0.25, -0.2) is 4.39 Å². The standard InChI is InChI=1S/C14H16FN3OS/c1-2-3-8-13-17-18-14(20-13)16-12(19)9-10-6-4-5-7-11(10)15/h4-7H,2-3,8-9H2,1H3,(H,16,18,19). The number of unbranched alkanes of at least 4 members (excludes halogenated alkanes) is 1. The number of amides is 1. The molecule has 0 unspecified atom stereocenters. The van der Waals surface area contributed by atoms with Gasteiger partial charge in [0.15, 0.2) is 0 Å². The van der Waals surface area contributed by atoms with Crippen molar-refractivity contribution < 1.29 is 9.18 Å². The zero-order valence-electron chi connectivity index (χ0n) is 11.2. The number of aromatic nitrogens is 2. The number of carbonyl (C=O) groups excluding carboxylic acids is 1. The van der Waals surface area contributed by atoms with Crippen LogP contribution in [0.1, 0.15) is 30.3 Å². The lowest BCUT2D eigenvalue weighted by Crippen LogP contribution is -2.15. The van der Waals surface area contributed by atoms with E-state index in [9.17, 15) is 9.18 Å². The molecule has 0 aliphatic heterocycles. The van der Waals surface area contributed by atoms with Crippen molar-refractivity contribution in [3.8, 4) is 0 Å². The van der Waals surface area contributed by atoms with Crippen LogP contribution in [-0.2, 0) is 17.6 Å². The summed E-state index contributed by atoms with van der Waals surface area (Å²) in [5.74, 6) is -0.656. The predicted octanol–water partition coefficient (Wildman–Crippen LogP) is 3.20. The van der Waals surface area contributed by atoms with Crippen molar-refractivity contribution >= 4 is 22.4 Å². The maximum atomic E-state index is 13.4. The Bertz CT molecular complexity index is 585. The number of hydrogen-bond donors (Lipinski definition) is 1. The molecule has 1 heterocycles. The topological polar surface area (TPSA) is 54.9 Å². The number of rotatable bonds is 6. The van der Waals surface area contributed by atoms with Gasteiger partial charge >= 0.3 is 0 Å². The van der Waals surface area contributed by atoms with E-state index in [0.29, 0.717) is 10.7 Å². The highest BCUT2D eigenvalue weighted by molar-refractivity contribution is 7.15. The summed E-state index contributed by atoms with van der Waals surface area (Å²) in [6.45, 7) is 2.11. The van der Waals surface area contributed by atoms with Crippen LogP contribution in [0.2, 0.25) is 0 Å². The molecule has 0 fully saturated rings. The SMILES string of the molecule is CCCCc1nnc(NC(=O)Cc2ccccc2F)s1. The minimum atomic E-state index is -0.372. The quantitative estimate of drug-likeness (QED) is 0.890. The highest BCUT2D eigenvalue weighted by Gasteiger charge is 2.10. The molecule has 2 aromatic rings. The summed E-state index contributed by atoms with van der Waals surface area (Å²) in [5, 5.41) is 12.0. The van der Waals surface area contributed by atoms with E-state index in [2.05, 4.69) is 22.4 Å². The molecule has 2 rings (SSSR count). The number of benzene rings is 1. The van der Waals surface area contributed by atoms with Gasteiger partial charge in [-0.2, -0.15) is 0 Å². The Balaban J connectivity index is 1.91. The van der Waals surface area contributed by atoms with Gasteiger partial charge in [-0.1, -0.05) is 42.9 Å². The Hall–Kier alpha value is -1.82. The maximum Gasteiger partial charge on any atom is 0.230 e. The first kappa shape index (κ1) is 14.6. The molecule has 0 saturated heterocycles. The number of nitrogens with zero attached hydrogens (tertiary/aromatic N) is 2. The summed E-state index contributed by atoms with van der Waals surface area (Å²) in [6, 6.07) is 6.25. The summed E-state index contributed by atoms with van der Waals surface area (Å²) in [4.78, 5) is 11.8. The summed E-state index contributed by atoms with van der Waals surface area (Å²) in [6.07, 6.45) is 3.01. The van der Waals surface area contributed by atoms with Crippen LogP contribution in [0.15, 0.2) is 24.3 Å². The Morgan fingerprint density at radius 1 is 1.35 bits per heavy atom. The van der Waals surface area contributed by atoms with Gasteiger partial charge in [0.25, 0.3) is 0 Å². The Labute approximate surface area is 121 Å². The van der Waals surface area contributed by atoms with Crippen molar-refractivity contribution in [2.24, 2.45) is 0 Å². The third kappa shape index (κ3) is 4.09. The summed E-state index contributed by atoms with van der Waals surface area (Å²) in [5.41, 5.74) is 0.376. The van der Waals surface area contributed by atoms with Crippen LogP contribution >= 0.6 is 11.3 Å². The van der Waals surface area contributed by atoms with Crippen LogP contribution in [0.5, 0.6) is 0 Å². The molecular weight excluding hydrogens is 277 g/mol. The fraction of sp³-hybridized carbons (Fsp3) is 0.357. The van der Waals surface area contributed by atoms with Crippen LogP contribution in [0.3, 0.4) is 0 Å². The summed E-state index contributed by atoms with van der Waals surface area (Å²) in [7, 11) is 0. The molecular formula is C14H16FN3OS. The molecule has 4 nitrogen and oxygen atoms in total. The van der Waals surface area contributed by atoms with E-state index in [4.69, 9.17) is 0 Å². The highest BCUT2D eigenvalue weighted by atomic mass is 32.1. The molecule has 6 heteroatoms. The highest BCUT2D eigenvalue weighted by Crippen LogP contribution is 2.17. The van der Waals surface area contributed by atoms with Crippen LogP contribution in [0.25, 0.3) is 0 Å². The lowest BCUT2D eigenvalue weighted by atomic mass is 10.1. The van der Waals surface area contributed by atoms with Gasteiger partial charge in [0.1, 0.15) is 10.8 Å². The molecule has 0 radical (unpaired) electrons. The number of carbonyl (C=O) groups is 1. The van der Waals surface area contributed by atoms with Gasteiger partial charge in [-0.15, -0.1) is 10.2 Å². The molecule has 1 aromatic heterocycles. The molecule has 0 aliphatic carbocycles. The van der Waals surface area contributed by atoms with E-state index in [1.54, 1.807) is 18.2 Å². The van der Waals surface area contributed by atoms with Crippen LogP contribution < -0.4 is 5.32 Å². The average Bonchev–Trinajstić information content (AvgIpc) is 2.86. The molecule has 20 heavy (non-hydrogen) atoms. The molecule has 0 spiro atoms. The van der Waals surface area contributed by atoms with Gasteiger partial charge in [0, 0.05) is 6.42 Å². The molecule has 0 atom stereocenters. The first-order chi connectivity index (χ1) is 9.69. The van der Waals surface area contributed by atoms with Gasteiger partial charge in [-0.05, 0) is 18.1 Å². The first-order valence-electron chi connectivity index (χ1n) is 6.54. The lowest BCUT2D eigenvalue weighted by molar-refractivity contribution is -0.115. The molecule has 0 saturated carbocycles. The Morgan fingerprint density at radius 2 is 2.15 bits per heavy atom. The maximum absolute atomic E-state index is 13.4. The van der Waals surface area contributed by atoms with E-state index in [1.807, 2.05) is 0 Å². The van der Waals surface area contributed by atoms with Crippen LogP contribution in [-0.4, -0.2) is 16.1 Å². The molecule has 0 aliphatic rings. The molecule has 1 aromatic carbocycles. The molecule has 0 bridgehead atoms. The van der Waals surface area contributed by atoms with Gasteiger partial charge < -0.3 is 5.32 Å². The second kappa shape index (κ2) is 7.09. The number of nitrogens with one attached hydrogen (secondary N) is 1. The van der Waals surface area contributed by atoms with Gasteiger partial charge in [-0.3, -0.25) is 4.79 Å². The number of anilines is 1. The van der Waals surface area contributed by atoms with E-state index in [-0.39, 0.29) is 18.1 Å². The summed E-state index contributed by atoms with van der Waals surface area (Å²) >= 11 is 1.37. The first-order valence-corrected chi connectivity index (χ1v) is 7.36. The minimum absolute atomic E-state index is 0.00343. The molecule has 1 N–H and O–H groups in total. The number of halogens is 1. The van der Waals surface area contributed by atoms with Crippen LogP contribution in [0.4, 0.5) is 9.52 Å². The van der Waals surface area contributed by atoms with Crippen molar-refractivity contribution in [3.63, 3.8) is 0 Å². The average molecular weight is 293 g/mol. The zero-order valence-corrected chi connectivity index (χ0v) is 12.0. The third-order valence-corrected chi connectivity index (χ3v) is 3.66. The zero-order chi connectivity index (χ0) is 14.4. The van der Waals surface area contributed by atoms with E-state index in [0.717, 1.165) is 24.3 Å². The van der Waals surface area contributed by atoms with Crippen molar-refractivity contribution in [3.05, 3.63) is 40.7 Å².